The molecule has 124 valence electrons. The summed E-state index contributed by atoms with van der Waals surface area (Å²) in [5.41, 5.74) is 1.05. The molecule has 0 fully saturated rings. The molecular formula is C15H16FNO4S2. The van der Waals surface area contributed by atoms with Crippen LogP contribution in [-0.2, 0) is 10.0 Å². The standard InChI is InChI=1S/C15H16FNO4S2/c1-9-8-13(22-14(9)15(18)19)23(20,21)17(3)10(2)11-4-6-12(16)7-5-11/h4-8,10H,1-3H3,(H,18,19). The molecule has 1 N–H and O–H groups in total. The van der Waals surface area contributed by atoms with Gasteiger partial charge in [-0.05, 0) is 43.2 Å². The first kappa shape index (κ1) is 17.6. The minimum atomic E-state index is -3.84. The second kappa shape index (κ2) is 6.38. The van der Waals surface area contributed by atoms with Crippen molar-refractivity contribution >= 4 is 27.3 Å². The molecule has 0 aliphatic heterocycles. The average Bonchev–Trinajstić information content (AvgIpc) is 2.89. The summed E-state index contributed by atoms with van der Waals surface area (Å²) >= 11 is 0.729. The van der Waals surface area contributed by atoms with E-state index in [2.05, 4.69) is 0 Å². The molecule has 0 spiro atoms. The molecule has 1 aromatic heterocycles. The molecule has 23 heavy (non-hydrogen) atoms. The Labute approximate surface area is 138 Å². The van der Waals surface area contributed by atoms with Gasteiger partial charge in [-0.1, -0.05) is 12.1 Å². The summed E-state index contributed by atoms with van der Waals surface area (Å²) in [7, 11) is -2.42. The van der Waals surface area contributed by atoms with Crippen LogP contribution in [0.25, 0.3) is 0 Å². The lowest BCUT2D eigenvalue weighted by Crippen LogP contribution is -2.29. The Kier molecular flexibility index (Phi) is 4.88. The van der Waals surface area contributed by atoms with E-state index in [-0.39, 0.29) is 9.09 Å². The second-order valence-electron chi connectivity index (χ2n) is 5.13. The number of nitrogens with zero attached hydrogens (tertiary/aromatic N) is 1. The Hall–Kier alpha value is -1.77. The number of sulfonamides is 1. The van der Waals surface area contributed by atoms with Crippen molar-refractivity contribution in [2.75, 3.05) is 7.05 Å². The molecule has 0 bridgehead atoms. The fraction of sp³-hybridized carbons (Fsp3) is 0.267. The van der Waals surface area contributed by atoms with Crippen LogP contribution >= 0.6 is 11.3 Å². The van der Waals surface area contributed by atoms with Crippen molar-refractivity contribution in [1.29, 1.82) is 0 Å². The van der Waals surface area contributed by atoms with Gasteiger partial charge in [0, 0.05) is 13.1 Å². The number of carboxylic acid groups (broad SMARTS) is 1. The third kappa shape index (κ3) is 3.44. The molecule has 1 atom stereocenters. The minimum Gasteiger partial charge on any atom is -0.477 e. The Morgan fingerprint density at radius 2 is 1.87 bits per heavy atom. The first-order valence-electron chi connectivity index (χ1n) is 6.72. The molecule has 0 aliphatic rings. The first-order chi connectivity index (χ1) is 10.6. The molecule has 0 amide bonds. The third-order valence-corrected chi connectivity index (χ3v) is 7.22. The third-order valence-electron chi connectivity index (χ3n) is 3.62. The topological polar surface area (TPSA) is 74.7 Å². The number of aromatic carboxylic acids is 1. The molecule has 8 heteroatoms. The fourth-order valence-electron chi connectivity index (χ4n) is 2.09. The maximum atomic E-state index is 13.0. The molecule has 2 aromatic rings. The molecule has 1 heterocycles. The molecular weight excluding hydrogens is 341 g/mol. The smallest absolute Gasteiger partial charge is 0.346 e. The molecule has 2 rings (SSSR count). The van der Waals surface area contributed by atoms with Crippen molar-refractivity contribution in [3.63, 3.8) is 0 Å². The highest BCUT2D eigenvalue weighted by Gasteiger charge is 2.29. The molecule has 0 aliphatic carbocycles. The summed E-state index contributed by atoms with van der Waals surface area (Å²) in [5.74, 6) is -1.55. The first-order valence-corrected chi connectivity index (χ1v) is 8.97. The van der Waals surface area contributed by atoms with E-state index >= 15 is 0 Å². The number of carbonyl (C=O) groups is 1. The quantitative estimate of drug-likeness (QED) is 0.891. The van der Waals surface area contributed by atoms with Crippen LogP contribution in [0, 0.1) is 12.7 Å². The van der Waals surface area contributed by atoms with Gasteiger partial charge in [-0.3, -0.25) is 0 Å². The van der Waals surface area contributed by atoms with Crippen molar-refractivity contribution in [1.82, 2.24) is 4.31 Å². The van der Waals surface area contributed by atoms with E-state index in [1.54, 1.807) is 13.8 Å². The van der Waals surface area contributed by atoms with Crippen molar-refractivity contribution in [2.24, 2.45) is 0 Å². The summed E-state index contributed by atoms with van der Waals surface area (Å²) in [4.78, 5) is 11.1. The largest absolute Gasteiger partial charge is 0.477 e. The number of hydrogen-bond acceptors (Lipinski definition) is 4. The summed E-state index contributed by atoms with van der Waals surface area (Å²) in [5, 5.41) is 9.06. The lowest BCUT2D eigenvalue weighted by atomic mass is 10.1. The molecule has 0 radical (unpaired) electrons. The van der Waals surface area contributed by atoms with Crippen LogP contribution in [0.4, 0.5) is 4.39 Å². The van der Waals surface area contributed by atoms with Crippen LogP contribution in [0.5, 0.6) is 0 Å². The highest BCUT2D eigenvalue weighted by molar-refractivity contribution is 7.91. The van der Waals surface area contributed by atoms with Crippen molar-refractivity contribution < 1.29 is 22.7 Å². The normalized spacial score (nSPS) is 13.3. The van der Waals surface area contributed by atoms with E-state index in [1.165, 1.54) is 37.4 Å². The summed E-state index contributed by atoms with van der Waals surface area (Å²) < 4.78 is 39.5. The van der Waals surface area contributed by atoms with E-state index in [0.29, 0.717) is 11.1 Å². The van der Waals surface area contributed by atoms with Crippen LogP contribution < -0.4 is 0 Å². The van der Waals surface area contributed by atoms with Gasteiger partial charge in [-0.25, -0.2) is 17.6 Å². The lowest BCUT2D eigenvalue weighted by Gasteiger charge is -2.24. The Morgan fingerprint density at radius 1 is 1.30 bits per heavy atom. The number of thiophene rings is 1. The maximum absolute atomic E-state index is 13.0. The maximum Gasteiger partial charge on any atom is 0.346 e. The SMILES string of the molecule is Cc1cc(S(=O)(=O)N(C)C(C)c2ccc(F)cc2)sc1C(=O)O. The molecule has 1 unspecified atom stereocenters. The highest BCUT2D eigenvalue weighted by Crippen LogP contribution is 2.32. The van der Waals surface area contributed by atoms with Gasteiger partial charge in [-0.2, -0.15) is 4.31 Å². The number of rotatable bonds is 5. The molecule has 5 nitrogen and oxygen atoms in total. The number of halogens is 1. The average molecular weight is 357 g/mol. The summed E-state index contributed by atoms with van der Waals surface area (Å²) in [6.45, 7) is 3.24. The molecule has 1 aromatic carbocycles. The number of aryl methyl sites for hydroxylation is 1. The Balaban J connectivity index is 2.36. The number of benzene rings is 1. The number of carboxylic acids is 1. The van der Waals surface area contributed by atoms with Gasteiger partial charge >= 0.3 is 5.97 Å². The zero-order valence-electron chi connectivity index (χ0n) is 12.8. The van der Waals surface area contributed by atoms with Crippen LogP contribution in [0.1, 0.15) is 33.8 Å². The monoisotopic (exact) mass is 357 g/mol. The van der Waals surface area contributed by atoms with Crippen molar-refractivity contribution in [3.05, 3.63) is 52.2 Å². The molecule has 0 saturated carbocycles. The summed E-state index contributed by atoms with van der Waals surface area (Å²) in [6.07, 6.45) is 0. The second-order valence-corrected chi connectivity index (χ2v) is 8.41. The highest BCUT2D eigenvalue weighted by atomic mass is 32.2. The van der Waals surface area contributed by atoms with E-state index in [1.807, 2.05) is 0 Å². The van der Waals surface area contributed by atoms with Crippen LogP contribution in [0.15, 0.2) is 34.5 Å². The van der Waals surface area contributed by atoms with E-state index in [0.717, 1.165) is 15.6 Å². The Morgan fingerprint density at radius 3 is 2.35 bits per heavy atom. The van der Waals surface area contributed by atoms with Gasteiger partial charge < -0.3 is 5.11 Å². The Bertz CT molecular complexity index is 828. The van der Waals surface area contributed by atoms with Gasteiger partial charge in [0.15, 0.2) is 0 Å². The van der Waals surface area contributed by atoms with Gasteiger partial charge in [0.1, 0.15) is 14.9 Å². The van der Waals surface area contributed by atoms with Crippen LogP contribution in [-0.4, -0.2) is 30.8 Å². The zero-order valence-corrected chi connectivity index (χ0v) is 14.4. The van der Waals surface area contributed by atoms with E-state index < -0.39 is 27.9 Å². The van der Waals surface area contributed by atoms with Crippen LogP contribution in [0.3, 0.4) is 0 Å². The van der Waals surface area contributed by atoms with Gasteiger partial charge in [-0.15, -0.1) is 11.3 Å². The van der Waals surface area contributed by atoms with Gasteiger partial charge in [0.25, 0.3) is 10.0 Å². The summed E-state index contributed by atoms with van der Waals surface area (Å²) in [6, 6.07) is 6.42. The predicted octanol–water partition coefficient (Wildman–Crippen LogP) is 3.28. The van der Waals surface area contributed by atoms with Crippen molar-refractivity contribution in [2.45, 2.75) is 24.1 Å². The molecule has 0 saturated heterocycles. The zero-order chi connectivity index (χ0) is 17.4. The van der Waals surface area contributed by atoms with Gasteiger partial charge in [0.05, 0.1) is 0 Å². The van der Waals surface area contributed by atoms with Gasteiger partial charge in [0.2, 0.25) is 0 Å². The van der Waals surface area contributed by atoms with E-state index in [4.69, 9.17) is 5.11 Å². The van der Waals surface area contributed by atoms with Crippen LogP contribution in [0.2, 0.25) is 0 Å². The fourth-order valence-corrected chi connectivity index (χ4v) is 5.01. The van der Waals surface area contributed by atoms with Crippen molar-refractivity contribution in [3.8, 4) is 0 Å². The number of hydrogen-bond donors (Lipinski definition) is 1. The lowest BCUT2D eigenvalue weighted by molar-refractivity contribution is 0.0701. The minimum absolute atomic E-state index is 0.00594. The predicted molar refractivity (Wildman–Crippen MR) is 85.8 cm³/mol. The van der Waals surface area contributed by atoms with E-state index in [9.17, 15) is 17.6 Å².